The average molecular weight is 347 g/mol. The first-order valence-electron chi connectivity index (χ1n) is 7.99. The van der Waals surface area contributed by atoms with Gasteiger partial charge in [-0.15, -0.1) is 0 Å². The molecule has 5 nitrogen and oxygen atoms in total. The zero-order valence-electron chi connectivity index (χ0n) is 14.0. The van der Waals surface area contributed by atoms with Crippen LogP contribution in [0.15, 0.2) is 67.4 Å². The van der Waals surface area contributed by atoms with Crippen molar-refractivity contribution in [1.29, 1.82) is 0 Å². The number of carbonyl (C=O) groups is 2. The Labute approximate surface area is 150 Å². The highest BCUT2D eigenvalue weighted by Gasteiger charge is 2.20. The highest BCUT2D eigenvalue weighted by molar-refractivity contribution is 6.42. The zero-order chi connectivity index (χ0) is 18.5. The largest absolute Gasteiger partial charge is 0.490 e. The molecule has 1 heterocycles. The summed E-state index contributed by atoms with van der Waals surface area (Å²) in [6.07, 6.45) is 6.82. The number of ether oxygens (including phenoxy) is 1. The molecule has 0 aliphatic carbocycles. The van der Waals surface area contributed by atoms with E-state index >= 15 is 0 Å². The highest BCUT2D eigenvalue weighted by atomic mass is 16.5. The second kappa shape index (κ2) is 7.53. The minimum Gasteiger partial charge on any atom is -0.490 e. The summed E-state index contributed by atoms with van der Waals surface area (Å²) in [5.74, 6) is -1.90. The lowest BCUT2D eigenvalue weighted by Gasteiger charge is -2.04. The Morgan fingerprint density at radius 3 is 2.62 bits per heavy atom. The summed E-state index contributed by atoms with van der Waals surface area (Å²) in [6.45, 7) is 3.92. The molecule has 5 heteroatoms. The molecule has 2 aromatic carbocycles. The fourth-order valence-corrected chi connectivity index (χ4v) is 2.63. The molecule has 1 aromatic heterocycles. The summed E-state index contributed by atoms with van der Waals surface area (Å²) in [6, 6.07) is 14.9. The number of carbonyl (C=O) groups excluding carboxylic acids is 1. The Hall–Kier alpha value is -3.60. The first-order valence-corrected chi connectivity index (χ1v) is 7.99. The average Bonchev–Trinajstić information content (AvgIpc) is 3.02. The van der Waals surface area contributed by atoms with Crippen molar-refractivity contribution in [2.24, 2.45) is 0 Å². The minimum absolute atomic E-state index is 0.120. The molecule has 3 rings (SSSR count). The number of rotatable bonds is 7. The molecule has 0 aliphatic rings. The molecule has 1 N–H and O–H groups in total. The highest BCUT2D eigenvalue weighted by Crippen LogP contribution is 2.27. The van der Waals surface area contributed by atoms with Crippen LogP contribution in [0.4, 0.5) is 0 Å². The van der Waals surface area contributed by atoms with Crippen LogP contribution in [0.2, 0.25) is 0 Å². The summed E-state index contributed by atoms with van der Waals surface area (Å²) >= 11 is 0. The van der Waals surface area contributed by atoms with Crippen molar-refractivity contribution in [3.8, 4) is 5.75 Å². The molecule has 3 aromatic rings. The maximum atomic E-state index is 12.1. The van der Waals surface area contributed by atoms with Crippen molar-refractivity contribution in [2.45, 2.75) is 0 Å². The molecule has 0 spiro atoms. The second-order valence-electron chi connectivity index (χ2n) is 5.59. The maximum absolute atomic E-state index is 12.1. The van der Waals surface area contributed by atoms with Crippen LogP contribution < -0.4 is 4.74 Å². The zero-order valence-corrected chi connectivity index (χ0v) is 14.0. The first-order chi connectivity index (χ1) is 12.6. The van der Waals surface area contributed by atoms with Crippen LogP contribution in [0, 0.1) is 0 Å². The number of carboxylic acids is 1. The van der Waals surface area contributed by atoms with Gasteiger partial charge in [-0.3, -0.25) is 4.79 Å². The van der Waals surface area contributed by atoms with Crippen LogP contribution in [0.5, 0.6) is 5.75 Å². The van der Waals surface area contributed by atoms with Crippen molar-refractivity contribution in [3.63, 3.8) is 0 Å². The number of hydrogen-bond acceptors (Lipinski definition) is 3. The van der Waals surface area contributed by atoms with E-state index in [0.717, 1.165) is 5.56 Å². The number of nitrogens with zero attached hydrogens (tertiary/aromatic N) is 1. The van der Waals surface area contributed by atoms with Gasteiger partial charge in [0.05, 0.1) is 11.1 Å². The third kappa shape index (κ3) is 3.57. The molecule has 130 valence electrons. The fraction of sp³-hybridized carbons (Fsp3) is 0.0476. The van der Waals surface area contributed by atoms with Gasteiger partial charge >= 0.3 is 5.97 Å². The molecule has 0 atom stereocenters. The summed E-state index contributed by atoms with van der Waals surface area (Å²) in [4.78, 5) is 23.2. The Kier molecular flexibility index (Phi) is 4.99. The number of fused-ring (bicyclic) bond motifs is 1. The van der Waals surface area contributed by atoms with Crippen LogP contribution in [0.3, 0.4) is 0 Å². The molecule has 26 heavy (non-hydrogen) atoms. The molecule has 0 amide bonds. The van der Waals surface area contributed by atoms with Crippen molar-refractivity contribution in [1.82, 2.24) is 4.57 Å². The normalized spacial score (nSPS) is 10.9. The first kappa shape index (κ1) is 17.2. The van der Waals surface area contributed by atoms with Gasteiger partial charge in [-0.2, -0.15) is 0 Å². The number of aromatic nitrogens is 1. The van der Waals surface area contributed by atoms with Crippen LogP contribution in [0.1, 0.15) is 15.9 Å². The van der Waals surface area contributed by atoms with Gasteiger partial charge in [-0.1, -0.05) is 43.0 Å². The van der Waals surface area contributed by atoms with Gasteiger partial charge in [0.25, 0.3) is 5.78 Å². The second-order valence-corrected chi connectivity index (χ2v) is 5.59. The Morgan fingerprint density at radius 2 is 1.92 bits per heavy atom. The Bertz CT molecular complexity index is 1000. The van der Waals surface area contributed by atoms with E-state index in [1.54, 1.807) is 35.0 Å². The molecule has 0 saturated carbocycles. The van der Waals surface area contributed by atoms with Crippen molar-refractivity contribution >= 4 is 34.9 Å². The minimum atomic E-state index is -1.49. The molecular weight excluding hydrogens is 330 g/mol. The maximum Gasteiger partial charge on any atom is 0.377 e. The molecule has 0 saturated heterocycles. The Morgan fingerprint density at radius 1 is 1.15 bits per heavy atom. The Balaban J connectivity index is 2.08. The predicted molar refractivity (Wildman–Crippen MR) is 101 cm³/mol. The van der Waals surface area contributed by atoms with Crippen LogP contribution in [-0.2, 0) is 4.79 Å². The number of aliphatic carboxylic acids is 1. The van der Waals surface area contributed by atoms with Crippen LogP contribution >= 0.6 is 0 Å². The quantitative estimate of drug-likeness (QED) is 0.397. The molecule has 0 fully saturated rings. The van der Waals surface area contributed by atoms with Gasteiger partial charge in [0.1, 0.15) is 12.4 Å². The van der Waals surface area contributed by atoms with Gasteiger partial charge in [0, 0.05) is 17.8 Å². The lowest BCUT2D eigenvalue weighted by molar-refractivity contribution is -0.131. The van der Waals surface area contributed by atoms with Gasteiger partial charge < -0.3 is 14.4 Å². The smallest absolute Gasteiger partial charge is 0.377 e. The monoisotopic (exact) mass is 347 g/mol. The molecular formula is C21H17NO4. The van der Waals surface area contributed by atoms with Crippen LogP contribution in [-0.4, -0.2) is 28.0 Å². The number of carboxylic acid groups (broad SMARTS) is 1. The summed E-state index contributed by atoms with van der Waals surface area (Å²) in [7, 11) is 0. The van der Waals surface area contributed by atoms with Gasteiger partial charge in [0.15, 0.2) is 0 Å². The van der Waals surface area contributed by atoms with E-state index < -0.39 is 11.8 Å². The number of benzene rings is 2. The number of hydrogen-bond donors (Lipinski definition) is 1. The fourth-order valence-electron chi connectivity index (χ4n) is 2.63. The van der Waals surface area contributed by atoms with Gasteiger partial charge in [-0.25, -0.2) is 4.79 Å². The lowest BCUT2D eigenvalue weighted by atomic mass is 10.1. The van der Waals surface area contributed by atoms with Crippen LogP contribution in [0.25, 0.3) is 23.2 Å². The lowest BCUT2D eigenvalue weighted by Crippen LogP contribution is -2.12. The predicted octanol–water partition coefficient (Wildman–Crippen LogP) is 4.10. The topological polar surface area (TPSA) is 68.5 Å². The van der Waals surface area contributed by atoms with Gasteiger partial charge in [0.2, 0.25) is 0 Å². The standard InChI is InChI=1S/C21H17NO4/c1-2-12-26-16-8-9-19-17(13-16)18(20(23)21(24)25)14-22(19)11-10-15-6-4-3-5-7-15/h2-11,13-14H,1,12H2,(H,24,25). The molecule has 0 unspecified atom stereocenters. The van der Waals surface area contributed by atoms with Gasteiger partial charge in [-0.05, 0) is 29.8 Å². The summed E-state index contributed by atoms with van der Waals surface area (Å²) < 4.78 is 7.22. The van der Waals surface area contributed by atoms with E-state index in [4.69, 9.17) is 9.84 Å². The third-order valence-corrected chi connectivity index (χ3v) is 3.84. The summed E-state index contributed by atoms with van der Waals surface area (Å²) in [5.41, 5.74) is 1.83. The van der Waals surface area contributed by atoms with Crippen molar-refractivity contribution in [2.75, 3.05) is 6.61 Å². The van der Waals surface area contributed by atoms with E-state index in [1.807, 2.05) is 36.4 Å². The van der Waals surface area contributed by atoms with E-state index in [1.165, 1.54) is 6.20 Å². The van der Waals surface area contributed by atoms with Crippen molar-refractivity contribution < 1.29 is 19.4 Å². The SMILES string of the molecule is C=CCOc1ccc2c(c1)c(C(=O)C(=O)O)cn2C=Cc1ccccc1. The van der Waals surface area contributed by atoms with E-state index in [-0.39, 0.29) is 5.56 Å². The molecule has 0 bridgehead atoms. The number of ketones is 1. The molecule has 0 aliphatic heterocycles. The third-order valence-electron chi connectivity index (χ3n) is 3.84. The van der Waals surface area contributed by atoms with E-state index in [9.17, 15) is 9.59 Å². The molecule has 0 radical (unpaired) electrons. The van der Waals surface area contributed by atoms with E-state index in [2.05, 4.69) is 6.58 Å². The summed E-state index contributed by atoms with van der Waals surface area (Å²) in [5, 5.41) is 9.63. The number of Topliss-reactive ketones (excluding diaryl/α,β-unsaturated/α-hetero) is 1. The van der Waals surface area contributed by atoms with E-state index in [0.29, 0.717) is 23.3 Å². The van der Waals surface area contributed by atoms with Crippen molar-refractivity contribution in [3.05, 3.63) is 78.5 Å².